The van der Waals surface area contributed by atoms with Crippen molar-refractivity contribution in [3.8, 4) is 33.4 Å². The molecule has 0 N–H and O–H groups in total. The predicted molar refractivity (Wildman–Crippen MR) is 205 cm³/mol. The molecule has 9 rings (SSSR count). The van der Waals surface area contributed by atoms with Crippen LogP contribution >= 0.6 is 0 Å². The van der Waals surface area contributed by atoms with Crippen molar-refractivity contribution in [3.63, 3.8) is 0 Å². The van der Waals surface area contributed by atoms with Crippen LogP contribution in [0.25, 0.3) is 54.9 Å². The van der Waals surface area contributed by atoms with Crippen molar-refractivity contribution >= 4 is 38.6 Å². The lowest BCUT2D eigenvalue weighted by atomic mass is 9.79. The van der Waals surface area contributed by atoms with E-state index in [1.165, 1.54) is 0 Å². The van der Waals surface area contributed by atoms with Gasteiger partial charge in [0.25, 0.3) is 0 Å². The summed E-state index contributed by atoms with van der Waals surface area (Å²) in [6.45, 7) is 4.02. The van der Waals surface area contributed by atoms with Gasteiger partial charge in [0.15, 0.2) is 0 Å². The standard InChI is InChI=1S/C47H35N/c1-47(2)44-25-8-7-21-42(44)43-24-12-23-41(46(43)47)34-27-29-36(30-28-34)48(45-26-11-16-33-14-4-6-20-40(33)45)37-18-9-17-35(31-37)39-22-10-15-32-13-3-5-19-38(32)39/h3-31H,1-2H3/i4D,6D,9D,11D,14D,16D,17D,18D,20D,26D,27D,28D,29D,30D,31D. The summed E-state index contributed by atoms with van der Waals surface area (Å²) in [5, 5.41) is 0.299. The Morgan fingerprint density at radius 2 is 1.17 bits per heavy atom. The molecule has 0 atom stereocenters. The third-order valence-corrected chi connectivity index (χ3v) is 9.10. The highest BCUT2D eigenvalue weighted by Crippen LogP contribution is 2.52. The lowest BCUT2D eigenvalue weighted by Crippen LogP contribution is -2.16. The molecule has 0 aromatic heterocycles. The van der Waals surface area contributed by atoms with Gasteiger partial charge in [-0.2, -0.15) is 0 Å². The minimum absolute atomic E-state index is 0.0664. The fourth-order valence-corrected chi connectivity index (χ4v) is 6.93. The summed E-state index contributed by atoms with van der Waals surface area (Å²) in [7, 11) is 0. The lowest BCUT2D eigenvalue weighted by molar-refractivity contribution is 0.662. The second-order valence-electron chi connectivity index (χ2n) is 12.2. The summed E-state index contributed by atoms with van der Waals surface area (Å²) in [6, 6.07) is 15.0. The van der Waals surface area contributed by atoms with E-state index in [2.05, 4.69) is 0 Å². The topological polar surface area (TPSA) is 3.24 Å². The molecule has 0 radical (unpaired) electrons. The van der Waals surface area contributed by atoms with E-state index in [1.807, 2.05) is 56.3 Å². The van der Waals surface area contributed by atoms with Crippen LogP contribution in [0.2, 0.25) is 0 Å². The molecule has 8 aromatic carbocycles. The molecule has 0 heterocycles. The first kappa shape index (κ1) is 16.8. The fourth-order valence-electron chi connectivity index (χ4n) is 6.93. The molecular formula is C47H35N. The Labute approximate surface area is 303 Å². The van der Waals surface area contributed by atoms with Crippen molar-refractivity contribution in [1.82, 2.24) is 0 Å². The first-order valence-electron chi connectivity index (χ1n) is 23.1. The Morgan fingerprint density at radius 3 is 2.08 bits per heavy atom. The molecule has 8 aromatic rings. The number of anilines is 3. The molecule has 1 aliphatic rings. The number of nitrogens with zero attached hydrogens (tertiary/aromatic N) is 1. The van der Waals surface area contributed by atoms with Crippen LogP contribution in [0.1, 0.15) is 45.5 Å². The van der Waals surface area contributed by atoms with Gasteiger partial charge in [0.1, 0.15) is 0 Å². The predicted octanol–water partition coefficient (Wildman–Crippen LogP) is 13.1. The summed E-state index contributed by atoms with van der Waals surface area (Å²) >= 11 is 0. The van der Waals surface area contributed by atoms with E-state index >= 15 is 0 Å². The minimum Gasteiger partial charge on any atom is -0.310 e. The zero-order valence-corrected chi connectivity index (χ0v) is 26.0. The maximum Gasteiger partial charge on any atom is 0.0651 e. The quantitative estimate of drug-likeness (QED) is 0.183. The summed E-state index contributed by atoms with van der Waals surface area (Å²) in [4.78, 5) is 0.833. The molecule has 0 saturated heterocycles. The Bertz CT molecular complexity index is 3300. The van der Waals surface area contributed by atoms with E-state index in [9.17, 15) is 9.60 Å². The van der Waals surface area contributed by atoms with Crippen molar-refractivity contribution in [2.45, 2.75) is 19.3 Å². The van der Waals surface area contributed by atoms with E-state index in [-0.39, 0.29) is 11.1 Å². The van der Waals surface area contributed by atoms with E-state index in [0.717, 1.165) is 32.5 Å². The molecular weight excluding hydrogens is 579 g/mol. The summed E-state index contributed by atoms with van der Waals surface area (Å²) in [6.07, 6.45) is 0. The molecule has 228 valence electrons. The molecule has 0 fully saturated rings. The molecule has 0 unspecified atom stereocenters. The van der Waals surface area contributed by atoms with Gasteiger partial charge in [-0.1, -0.05) is 159 Å². The Balaban J connectivity index is 1.46. The summed E-state index contributed by atoms with van der Waals surface area (Å²) < 4.78 is 139. The number of benzene rings is 8. The maximum absolute atomic E-state index is 9.85. The van der Waals surface area contributed by atoms with Crippen molar-refractivity contribution in [2.75, 3.05) is 4.90 Å². The Hall–Kier alpha value is -5.92. The second kappa shape index (κ2) is 11.1. The number of rotatable bonds is 5. The molecule has 0 aliphatic heterocycles. The number of hydrogen-bond donors (Lipinski definition) is 0. The molecule has 1 aliphatic carbocycles. The van der Waals surface area contributed by atoms with Crippen molar-refractivity contribution in [3.05, 3.63) is 187 Å². The van der Waals surface area contributed by atoms with Gasteiger partial charge in [-0.05, 0) is 90.9 Å². The highest BCUT2D eigenvalue weighted by atomic mass is 15.1. The van der Waals surface area contributed by atoms with Gasteiger partial charge in [-0.3, -0.25) is 0 Å². The lowest BCUT2D eigenvalue weighted by Gasteiger charge is -2.28. The van der Waals surface area contributed by atoms with Crippen LogP contribution in [0.3, 0.4) is 0 Å². The van der Waals surface area contributed by atoms with E-state index in [4.69, 9.17) is 11.0 Å². The van der Waals surface area contributed by atoms with Gasteiger partial charge in [0.05, 0.1) is 26.2 Å². The number of fused-ring (bicyclic) bond motifs is 5. The molecule has 0 spiro atoms. The van der Waals surface area contributed by atoms with Gasteiger partial charge < -0.3 is 4.90 Å². The fraction of sp³-hybridized carbons (Fsp3) is 0.0638. The molecule has 48 heavy (non-hydrogen) atoms. The van der Waals surface area contributed by atoms with Gasteiger partial charge in [-0.25, -0.2) is 0 Å². The van der Waals surface area contributed by atoms with Crippen LogP contribution in [0.5, 0.6) is 0 Å². The van der Waals surface area contributed by atoms with E-state index in [1.54, 1.807) is 42.5 Å². The molecule has 1 nitrogen and oxygen atoms in total. The zero-order chi connectivity index (χ0) is 45.3. The van der Waals surface area contributed by atoms with Gasteiger partial charge in [0, 0.05) is 22.2 Å². The zero-order valence-electron chi connectivity index (χ0n) is 41.0. The Morgan fingerprint density at radius 1 is 0.479 bits per heavy atom. The molecule has 1 heteroatoms. The van der Waals surface area contributed by atoms with Crippen LogP contribution in [-0.2, 0) is 5.41 Å². The first-order chi connectivity index (χ1) is 29.8. The largest absolute Gasteiger partial charge is 0.310 e. The molecule has 0 bridgehead atoms. The molecule has 0 saturated carbocycles. The van der Waals surface area contributed by atoms with Crippen LogP contribution in [0.4, 0.5) is 17.1 Å². The monoisotopic (exact) mass is 628 g/mol. The number of hydrogen-bond acceptors (Lipinski definition) is 1. The van der Waals surface area contributed by atoms with Crippen molar-refractivity contribution in [1.29, 1.82) is 0 Å². The second-order valence-corrected chi connectivity index (χ2v) is 12.2. The first-order valence-corrected chi connectivity index (χ1v) is 15.6. The Kier molecular flexibility index (Phi) is 3.88. The summed E-state index contributed by atoms with van der Waals surface area (Å²) in [5.41, 5.74) is 1.58. The van der Waals surface area contributed by atoms with E-state index in [0.29, 0.717) is 16.5 Å². The van der Waals surface area contributed by atoms with Crippen LogP contribution in [0, 0.1) is 0 Å². The third-order valence-electron chi connectivity index (χ3n) is 9.10. The van der Waals surface area contributed by atoms with Crippen LogP contribution in [-0.4, -0.2) is 0 Å². The minimum atomic E-state index is -0.842. The van der Waals surface area contributed by atoms with Crippen LogP contribution < -0.4 is 4.90 Å². The highest BCUT2D eigenvalue weighted by Gasteiger charge is 2.37. The summed E-state index contributed by atoms with van der Waals surface area (Å²) in [5.74, 6) is 0. The normalized spacial score (nSPS) is 17.3. The average Bonchev–Trinajstić information content (AvgIpc) is 3.51. The SMILES string of the molecule is [2H]c1c([2H])c(-c2cccc3ccccc23)c([2H])c(N(c2c([2H])c([2H])c(-c3cccc4c3C(C)(C)c3ccccc3-4)c([2H])c2[2H])c2c([2H])c([2H])c([2H])c3c([2H])c([2H])c([2H])c([2H])c23)c1[2H]. The van der Waals surface area contributed by atoms with Gasteiger partial charge in [-0.15, -0.1) is 0 Å². The smallest absolute Gasteiger partial charge is 0.0651 e. The van der Waals surface area contributed by atoms with E-state index < -0.39 is 124 Å². The average molecular weight is 629 g/mol. The van der Waals surface area contributed by atoms with Gasteiger partial charge >= 0.3 is 0 Å². The highest BCUT2D eigenvalue weighted by molar-refractivity contribution is 6.01. The van der Waals surface area contributed by atoms with Crippen molar-refractivity contribution < 1.29 is 20.6 Å². The maximum atomic E-state index is 9.85. The van der Waals surface area contributed by atoms with Crippen molar-refractivity contribution in [2.24, 2.45) is 0 Å². The third kappa shape index (κ3) is 4.47. The van der Waals surface area contributed by atoms with Crippen LogP contribution in [0.15, 0.2) is 176 Å². The molecule has 0 amide bonds. The van der Waals surface area contributed by atoms with Gasteiger partial charge in [0.2, 0.25) is 0 Å².